The average Bonchev–Trinajstić information content (AvgIpc) is 3.18. The van der Waals surface area contributed by atoms with Gasteiger partial charge in [0.15, 0.2) is 0 Å². The highest BCUT2D eigenvalue weighted by Gasteiger charge is 2.14. The van der Waals surface area contributed by atoms with Crippen molar-refractivity contribution in [2.75, 3.05) is 41.3 Å². The van der Waals surface area contributed by atoms with Gasteiger partial charge in [0.25, 0.3) is 5.91 Å². The second-order valence-electron chi connectivity index (χ2n) is 6.11. The van der Waals surface area contributed by atoms with Gasteiger partial charge in [-0.1, -0.05) is 0 Å². The van der Waals surface area contributed by atoms with E-state index in [0.717, 1.165) is 31.9 Å². The van der Waals surface area contributed by atoms with Crippen molar-refractivity contribution in [1.82, 2.24) is 9.97 Å². The van der Waals surface area contributed by atoms with Crippen molar-refractivity contribution >= 4 is 23.2 Å². The highest BCUT2D eigenvalue weighted by Crippen LogP contribution is 2.22. The van der Waals surface area contributed by atoms with Crippen LogP contribution >= 0.6 is 0 Å². The van der Waals surface area contributed by atoms with E-state index in [0.29, 0.717) is 11.6 Å². The number of amides is 1. The number of rotatable bonds is 6. The molecule has 0 atom stereocenters. The molecule has 0 radical (unpaired) electrons. The third kappa shape index (κ3) is 4.07. The number of aromatic nitrogens is 2. The minimum atomic E-state index is -0.218. The average molecular weight is 339 g/mol. The van der Waals surface area contributed by atoms with Gasteiger partial charge in [-0.05, 0) is 57.0 Å². The van der Waals surface area contributed by atoms with Crippen LogP contribution in [0.1, 0.15) is 37.2 Å². The summed E-state index contributed by atoms with van der Waals surface area (Å²) < 4.78 is 0. The Hall–Kier alpha value is -2.63. The summed E-state index contributed by atoms with van der Waals surface area (Å²) in [6.07, 6.45) is 4.13. The number of benzene rings is 1. The number of carbonyl (C=O) groups is 1. The lowest BCUT2D eigenvalue weighted by Crippen LogP contribution is -2.25. The molecular formula is C19H25N5O. The maximum Gasteiger partial charge on any atom is 0.274 e. The van der Waals surface area contributed by atoms with Gasteiger partial charge in [0.1, 0.15) is 5.69 Å². The van der Waals surface area contributed by atoms with E-state index in [2.05, 4.69) is 32.3 Å². The Labute approximate surface area is 148 Å². The van der Waals surface area contributed by atoms with Crippen molar-refractivity contribution in [2.24, 2.45) is 0 Å². The highest BCUT2D eigenvalue weighted by molar-refractivity contribution is 6.03. The summed E-state index contributed by atoms with van der Waals surface area (Å²) in [5.74, 6) is 0.367. The van der Waals surface area contributed by atoms with Gasteiger partial charge in [0, 0.05) is 43.8 Å². The van der Waals surface area contributed by atoms with Crippen LogP contribution in [0.3, 0.4) is 0 Å². The molecule has 25 heavy (non-hydrogen) atoms. The minimum Gasteiger partial charge on any atom is -0.372 e. The molecule has 1 amide bonds. The van der Waals surface area contributed by atoms with E-state index in [4.69, 9.17) is 0 Å². The monoisotopic (exact) mass is 339 g/mol. The number of hydrogen-bond donors (Lipinski definition) is 1. The van der Waals surface area contributed by atoms with Crippen LogP contribution in [0.4, 0.5) is 17.3 Å². The summed E-state index contributed by atoms with van der Waals surface area (Å²) in [6, 6.07) is 9.64. The molecule has 1 fully saturated rings. The number of hydrogen-bond acceptors (Lipinski definition) is 5. The number of carbonyl (C=O) groups excluding carboxylic acids is 1. The van der Waals surface area contributed by atoms with E-state index >= 15 is 0 Å². The van der Waals surface area contributed by atoms with Gasteiger partial charge in [-0.2, -0.15) is 0 Å². The van der Waals surface area contributed by atoms with Crippen molar-refractivity contribution < 1.29 is 4.79 Å². The molecule has 132 valence electrons. The Morgan fingerprint density at radius 3 is 2.44 bits per heavy atom. The van der Waals surface area contributed by atoms with E-state index in [1.54, 1.807) is 12.3 Å². The standard InChI is InChI=1S/C19H25N5O/c1-3-23(4-2)19-20-12-11-17(22-19)18(25)21-15-7-9-16(10-8-15)24-13-5-6-14-24/h7-12H,3-6,13-14H2,1-2H3,(H,21,25). The first-order chi connectivity index (χ1) is 12.2. The molecule has 1 saturated heterocycles. The SMILES string of the molecule is CCN(CC)c1nccc(C(=O)Nc2ccc(N3CCCC3)cc2)n1. The molecule has 2 aromatic rings. The molecule has 1 N–H and O–H groups in total. The van der Waals surface area contributed by atoms with E-state index < -0.39 is 0 Å². The van der Waals surface area contributed by atoms with E-state index in [-0.39, 0.29) is 5.91 Å². The molecule has 0 spiro atoms. The zero-order valence-corrected chi connectivity index (χ0v) is 14.9. The molecule has 1 aromatic heterocycles. The largest absolute Gasteiger partial charge is 0.372 e. The van der Waals surface area contributed by atoms with Gasteiger partial charge in [-0.15, -0.1) is 0 Å². The molecular weight excluding hydrogens is 314 g/mol. The first kappa shape index (κ1) is 17.2. The van der Waals surface area contributed by atoms with E-state index in [1.165, 1.54) is 18.5 Å². The Bertz CT molecular complexity index is 706. The molecule has 0 saturated carbocycles. The Kier molecular flexibility index (Phi) is 5.48. The second kappa shape index (κ2) is 7.96. The third-order valence-electron chi connectivity index (χ3n) is 4.52. The molecule has 3 rings (SSSR count). The zero-order chi connectivity index (χ0) is 17.6. The summed E-state index contributed by atoms with van der Waals surface area (Å²) in [5, 5.41) is 2.91. The Balaban J connectivity index is 1.68. The van der Waals surface area contributed by atoms with E-state index in [9.17, 15) is 4.79 Å². The maximum absolute atomic E-state index is 12.5. The van der Waals surface area contributed by atoms with E-state index in [1.807, 2.05) is 30.9 Å². The van der Waals surface area contributed by atoms with Gasteiger partial charge in [0.2, 0.25) is 5.95 Å². The summed E-state index contributed by atoms with van der Waals surface area (Å²) in [7, 11) is 0. The lowest BCUT2D eigenvalue weighted by atomic mass is 10.2. The smallest absolute Gasteiger partial charge is 0.274 e. The van der Waals surface area contributed by atoms with Crippen LogP contribution in [0.15, 0.2) is 36.5 Å². The topological polar surface area (TPSA) is 61.4 Å². The van der Waals surface area contributed by atoms with Crippen molar-refractivity contribution in [3.8, 4) is 0 Å². The fraction of sp³-hybridized carbons (Fsp3) is 0.421. The predicted molar refractivity (Wildman–Crippen MR) is 101 cm³/mol. The molecule has 1 aromatic carbocycles. The number of nitrogens with zero attached hydrogens (tertiary/aromatic N) is 4. The van der Waals surface area contributed by atoms with Crippen LogP contribution < -0.4 is 15.1 Å². The van der Waals surface area contributed by atoms with Crippen LogP contribution in [0.25, 0.3) is 0 Å². The molecule has 1 aliphatic heterocycles. The summed E-state index contributed by atoms with van der Waals surface area (Å²) in [5.41, 5.74) is 2.36. The van der Waals surface area contributed by atoms with Crippen LogP contribution in [-0.2, 0) is 0 Å². The van der Waals surface area contributed by atoms with Crippen molar-refractivity contribution in [1.29, 1.82) is 0 Å². The molecule has 2 heterocycles. The number of nitrogens with one attached hydrogen (secondary N) is 1. The maximum atomic E-state index is 12.5. The van der Waals surface area contributed by atoms with Crippen LogP contribution in [0.2, 0.25) is 0 Å². The molecule has 6 nitrogen and oxygen atoms in total. The zero-order valence-electron chi connectivity index (χ0n) is 14.9. The molecule has 0 aliphatic carbocycles. The molecule has 0 bridgehead atoms. The Morgan fingerprint density at radius 2 is 1.80 bits per heavy atom. The molecule has 6 heteroatoms. The summed E-state index contributed by atoms with van der Waals surface area (Å²) in [4.78, 5) is 25.5. The van der Waals surface area contributed by atoms with Crippen LogP contribution in [-0.4, -0.2) is 42.1 Å². The first-order valence-electron chi connectivity index (χ1n) is 8.95. The van der Waals surface area contributed by atoms with Gasteiger partial charge in [0.05, 0.1) is 0 Å². The van der Waals surface area contributed by atoms with Gasteiger partial charge in [-0.3, -0.25) is 4.79 Å². The summed E-state index contributed by atoms with van der Waals surface area (Å²) in [6.45, 7) is 7.92. The fourth-order valence-corrected chi connectivity index (χ4v) is 3.06. The van der Waals surface area contributed by atoms with Crippen LogP contribution in [0.5, 0.6) is 0 Å². The third-order valence-corrected chi connectivity index (χ3v) is 4.52. The quantitative estimate of drug-likeness (QED) is 0.876. The van der Waals surface area contributed by atoms with Gasteiger partial charge < -0.3 is 15.1 Å². The van der Waals surface area contributed by atoms with Crippen LogP contribution in [0, 0.1) is 0 Å². The van der Waals surface area contributed by atoms with Crippen molar-refractivity contribution in [3.05, 3.63) is 42.2 Å². The van der Waals surface area contributed by atoms with Crippen molar-refractivity contribution in [3.63, 3.8) is 0 Å². The second-order valence-corrected chi connectivity index (χ2v) is 6.11. The predicted octanol–water partition coefficient (Wildman–Crippen LogP) is 3.18. The minimum absolute atomic E-state index is 0.218. The molecule has 0 unspecified atom stereocenters. The number of anilines is 3. The lowest BCUT2D eigenvalue weighted by Gasteiger charge is -2.19. The lowest BCUT2D eigenvalue weighted by molar-refractivity contribution is 0.102. The first-order valence-corrected chi connectivity index (χ1v) is 8.95. The van der Waals surface area contributed by atoms with Gasteiger partial charge in [-0.25, -0.2) is 9.97 Å². The normalized spacial score (nSPS) is 13.8. The summed E-state index contributed by atoms with van der Waals surface area (Å²) >= 11 is 0. The fourth-order valence-electron chi connectivity index (χ4n) is 3.06. The Morgan fingerprint density at radius 1 is 1.12 bits per heavy atom. The van der Waals surface area contributed by atoms with Gasteiger partial charge >= 0.3 is 0 Å². The van der Waals surface area contributed by atoms with Crippen molar-refractivity contribution in [2.45, 2.75) is 26.7 Å². The highest BCUT2D eigenvalue weighted by atomic mass is 16.1. The molecule has 1 aliphatic rings.